The van der Waals surface area contributed by atoms with Crippen molar-refractivity contribution in [2.24, 2.45) is 0 Å². The average molecular weight is 995 g/mol. The summed E-state index contributed by atoms with van der Waals surface area (Å²) in [6.07, 6.45) is 0. The maximum atomic E-state index is 6.30. The van der Waals surface area contributed by atoms with Gasteiger partial charge in [-0.15, -0.1) is 0 Å². The van der Waals surface area contributed by atoms with Crippen LogP contribution in [0.3, 0.4) is 0 Å². The number of para-hydroxylation sites is 4. The summed E-state index contributed by atoms with van der Waals surface area (Å²) in [6, 6.07) is 57.5. The zero-order chi connectivity index (χ0) is 42.2. The highest BCUT2D eigenvalue weighted by molar-refractivity contribution is 9.10. The number of benzene rings is 8. The van der Waals surface area contributed by atoms with Gasteiger partial charge in [-0.25, -0.2) is 0 Å². The Morgan fingerprint density at radius 3 is 1.14 bits per heavy atom. The van der Waals surface area contributed by atoms with Crippen molar-refractivity contribution < 1.29 is 33.3 Å². The molecule has 0 atom stereocenters. The maximum Gasteiger partial charge on any atom is 0.494 e. The first kappa shape index (κ1) is 40.3. The summed E-state index contributed by atoms with van der Waals surface area (Å²) >= 11 is 3.59. The van der Waals surface area contributed by atoms with Crippen molar-refractivity contribution in [1.82, 2.24) is 8.80 Å². The van der Waals surface area contributed by atoms with E-state index in [1.807, 2.05) is 0 Å². The van der Waals surface area contributed by atoms with Crippen LogP contribution in [0.5, 0.6) is 0 Å². The third-order valence-corrected chi connectivity index (χ3v) is 14.5. The summed E-state index contributed by atoms with van der Waals surface area (Å²) in [7, 11) is -0.349. The van der Waals surface area contributed by atoms with Crippen LogP contribution in [0.15, 0.2) is 162 Å². The third kappa shape index (κ3) is 6.00. The Labute approximate surface area is 392 Å². The maximum absolute atomic E-state index is 6.30. The normalized spacial score (nSPS) is 14.9. The topological polar surface area (TPSA) is 27.3 Å². The minimum Gasteiger partial charge on any atom is -1.00 e. The Morgan fingerprint density at radius 2 is 0.778 bits per heavy atom. The number of fused-ring (bicyclic) bond motifs is 12. The van der Waals surface area contributed by atoms with Crippen LogP contribution in [0.2, 0.25) is 0 Å². The van der Waals surface area contributed by atoms with Gasteiger partial charge in [-0.3, -0.25) is 0 Å². The molecule has 1 saturated heterocycles. The molecule has 4 nitrogen and oxygen atoms in total. The van der Waals surface area contributed by atoms with Crippen molar-refractivity contribution in [2.45, 2.75) is 52.7 Å². The first-order valence-electron chi connectivity index (χ1n) is 21.5. The molecular formula is C56H44BBrIN2O2-. The van der Waals surface area contributed by atoms with Crippen molar-refractivity contribution in [1.29, 1.82) is 0 Å². The smallest absolute Gasteiger partial charge is 0.494 e. The summed E-state index contributed by atoms with van der Waals surface area (Å²) in [5, 5.41) is 10.5. The molecule has 0 spiro atoms. The molecular weight excluding hydrogens is 950 g/mol. The number of hydrogen-bond acceptors (Lipinski definition) is 2. The zero-order valence-electron chi connectivity index (χ0n) is 36.1. The Morgan fingerprint density at radius 1 is 0.429 bits per heavy atom. The number of aryl methyl sites for hydroxylation is 2. The number of aromatic nitrogens is 2. The van der Waals surface area contributed by atoms with E-state index in [4.69, 9.17) is 9.31 Å². The molecule has 1 aliphatic heterocycles. The van der Waals surface area contributed by atoms with Crippen LogP contribution < -0.4 is 29.4 Å². The number of halogens is 2. The van der Waals surface area contributed by atoms with Crippen LogP contribution in [0, 0.1) is 13.8 Å². The summed E-state index contributed by atoms with van der Waals surface area (Å²) in [5.74, 6) is 0. The van der Waals surface area contributed by atoms with Gasteiger partial charge in [0.25, 0.3) is 0 Å². The van der Waals surface area contributed by atoms with Crippen molar-refractivity contribution in [3.63, 3.8) is 0 Å². The van der Waals surface area contributed by atoms with Gasteiger partial charge < -0.3 is 42.1 Å². The fourth-order valence-corrected chi connectivity index (χ4v) is 10.8. The Bertz CT molecular complexity index is 3590. The van der Waals surface area contributed by atoms with Gasteiger partial charge in [-0.05, 0) is 141 Å². The molecule has 4 aromatic heterocycles. The molecule has 5 heterocycles. The molecule has 7 heteroatoms. The predicted molar refractivity (Wildman–Crippen MR) is 266 cm³/mol. The summed E-state index contributed by atoms with van der Waals surface area (Å²) in [4.78, 5) is 0. The van der Waals surface area contributed by atoms with Crippen molar-refractivity contribution in [3.05, 3.63) is 173 Å². The lowest BCUT2D eigenvalue weighted by atomic mass is 9.77. The van der Waals surface area contributed by atoms with E-state index in [0.717, 1.165) is 9.94 Å². The fraction of sp³-hybridized carbons (Fsp3) is 0.143. The van der Waals surface area contributed by atoms with E-state index in [0.29, 0.717) is 0 Å². The minimum absolute atomic E-state index is 0. The molecule has 0 unspecified atom stereocenters. The lowest BCUT2D eigenvalue weighted by Crippen LogP contribution is -3.00. The van der Waals surface area contributed by atoms with Crippen LogP contribution >= 0.6 is 15.9 Å². The second-order valence-corrected chi connectivity index (χ2v) is 19.1. The molecule has 0 bridgehead atoms. The first-order chi connectivity index (χ1) is 30.0. The Hall–Kier alpha value is -5.45. The zero-order valence-corrected chi connectivity index (χ0v) is 39.8. The second-order valence-electron chi connectivity index (χ2n) is 18.2. The minimum atomic E-state index is -0.349. The predicted octanol–water partition coefficient (Wildman–Crippen LogP) is 11.7. The Kier molecular flexibility index (Phi) is 9.31. The first-order valence-corrected chi connectivity index (χ1v) is 22.3. The molecule has 13 rings (SSSR count). The molecule has 0 saturated carbocycles. The molecule has 0 radical (unpaired) electrons. The second kappa shape index (κ2) is 14.5. The van der Waals surface area contributed by atoms with Crippen LogP contribution in [0.1, 0.15) is 38.8 Å². The van der Waals surface area contributed by atoms with Gasteiger partial charge in [0, 0.05) is 47.6 Å². The summed E-state index contributed by atoms with van der Waals surface area (Å²) in [6.45, 7) is 12.8. The van der Waals surface area contributed by atoms with Crippen LogP contribution in [0.4, 0.5) is 0 Å². The summed E-state index contributed by atoms with van der Waals surface area (Å²) < 4.78 is 18.6. The SMILES string of the molecule is Cc1cc(B2OC(C)(C)C(C)(C)O2)ccc1-c1cc2c3ccccc3n3c4ccccc4c(c1)c23.Cc1cc(Br)ccc1-c1cc2c3ccccc3n3c4ccccc4c(c1)c23.[I-]. The molecule has 308 valence electrons. The lowest BCUT2D eigenvalue weighted by Gasteiger charge is -2.32. The average Bonchev–Trinajstić information content (AvgIpc) is 4.03. The fourth-order valence-electron chi connectivity index (χ4n) is 10.3. The van der Waals surface area contributed by atoms with Crippen LogP contribution in [0.25, 0.3) is 98.4 Å². The molecule has 12 aromatic rings. The van der Waals surface area contributed by atoms with Crippen molar-refractivity contribution in [2.75, 3.05) is 0 Å². The van der Waals surface area contributed by atoms with E-state index in [1.165, 1.54) is 110 Å². The molecule has 63 heavy (non-hydrogen) atoms. The van der Waals surface area contributed by atoms with Gasteiger partial charge in [0.15, 0.2) is 0 Å². The van der Waals surface area contributed by atoms with Gasteiger partial charge in [-0.2, -0.15) is 0 Å². The summed E-state index contributed by atoms with van der Waals surface area (Å²) in [5.41, 5.74) is 15.7. The van der Waals surface area contributed by atoms with Gasteiger partial charge in [0.2, 0.25) is 0 Å². The van der Waals surface area contributed by atoms with Crippen LogP contribution in [-0.2, 0) is 9.31 Å². The lowest BCUT2D eigenvalue weighted by molar-refractivity contribution is -0.0000147. The number of rotatable bonds is 3. The van der Waals surface area contributed by atoms with E-state index in [1.54, 1.807) is 0 Å². The molecule has 1 fully saturated rings. The van der Waals surface area contributed by atoms with Crippen molar-refractivity contribution >= 4 is 105 Å². The largest absolute Gasteiger partial charge is 1.00 e. The molecule has 0 amide bonds. The molecule has 1 aliphatic rings. The number of nitrogens with zero attached hydrogens (tertiary/aromatic N) is 2. The van der Waals surface area contributed by atoms with E-state index in [2.05, 4.69) is 224 Å². The highest BCUT2D eigenvalue weighted by Gasteiger charge is 2.51. The van der Waals surface area contributed by atoms with E-state index < -0.39 is 0 Å². The van der Waals surface area contributed by atoms with E-state index in [9.17, 15) is 0 Å². The third-order valence-electron chi connectivity index (χ3n) is 14.0. The van der Waals surface area contributed by atoms with Gasteiger partial charge in [-0.1, -0.05) is 113 Å². The van der Waals surface area contributed by atoms with Crippen molar-refractivity contribution in [3.8, 4) is 22.3 Å². The highest BCUT2D eigenvalue weighted by Crippen LogP contribution is 2.44. The standard InChI is InChI=1S/C31H28BNO2.C25H16BrN.HI/c1-19-16-21(32-34-30(2,3)31(4,5)35-32)14-15-22(19)20-17-25-23-10-6-8-12-27(23)33-28-13-9-7-11-24(28)26(18-20)29(25)33;1-15-12-17(26)10-11-18(15)16-13-21-19-6-2-4-8-23(19)27-24-9-5-3-7-20(24)22(14-16)25(21)27;/h6-18H,1-5H3;2-14H,1H3;1H/p-1. The van der Waals surface area contributed by atoms with Gasteiger partial charge in [0.1, 0.15) is 0 Å². The van der Waals surface area contributed by atoms with Gasteiger partial charge >= 0.3 is 7.12 Å². The van der Waals surface area contributed by atoms with E-state index >= 15 is 0 Å². The molecule has 0 aliphatic carbocycles. The van der Waals surface area contributed by atoms with Gasteiger partial charge in [0.05, 0.1) is 44.3 Å². The molecule has 8 aromatic carbocycles. The van der Waals surface area contributed by atoms with E-state index in [-0.39, 0.29) is 42.3 Å². The molecule has 0 N–H and O–H groups in total. The monoisotopic (exact) mass is 993 g/mol. The highest BCUT2D eigenvalue weighted by atomic mass is 127. The number of hydrogen-bond donors (Lipinski definition) is 0. The van der Waals surface area contributed by atoms with Crippen LogP contribution in [-0.4, -0.2) is 27.1 Å². The quantitative estimate of drug-likeness (QED) is 0.130. The Balaban J connectivity index is 0.000000143.